The van der Waals surface area contributed by atoms with Gasteiger partial charge in [-0.15, -0.1) is 0 Å². The number of ether oxygens (including phenoxy) is 3. The number of hydrogen-bond donors (Lipinski definition) is 5. The largest absolute Gasteiger partial charge is 0.512 e. The minimum Gasteiger partial charge on any atom is -0.512 e. The Kier molecular flexibility index (Phi) is 22.5. The first-order valence-electron chi connectivity index (χ1n) is 46.3. The molecule has 0 aromatic heterocycles. The Balaban J connectivity index is 0.000000156. The summed E-state index contributed by atoms with van der Waals surface area (Å²) < 4.78 is 17.7. The van der Waals surface area contributed by atoms with Crippen molar-refractivity contribution in [1.29, 1.82) is 0 Å². The molecule has 27 atom stereocenters. The molecule has 666 valence electrons. The molecule has 15 aliphatic rings. The Morgan fingerprint density at radius 1 is 0.342 bits per heavy atom. The lowest BCUT2D eigenvalue weighted by molar-refractivity contribution is -0.211. The van der Waals surface area contributed by atoms with Crippen LogP contribution < -0.4 is 0 Å². The average molecular weight is 1660 g/mol. The zero-order valence-electron chi connectivity index (χ0n) is 77.7. The van der Waals surface area contributed by atoms with Crippen molar-refractivity contribution >= 4 is 58.9 Å². The predicted molar refractivity (Wildman–Crippen MR) is 459 cm³/mol. The number of carbonyl (C=O) groups is 10. The third-order valence-corrected chi connectivity index (χ3v) is 40.9. The van der Waals surface area contributed by atoms with E-state index >= 15 is 0 Å². The Morgan fingerprint density at radius 3 is 0.833 bits per heavy atom. The van der Waals surface area contributed by atoms with E-state index in [2.05, 4.69) is 125 Å². The molecule has 0 bridgehead atoms. The van der Waals surface area contributed by atoms with Crippen LogP contribution in [0.1, 0.15) is 346 Å². The maximum absolute atomic E-state index is 14.4. The molecule has 12 fully saturated rings. The van der Waals surface area contributed by atoms with Gasteiger partial charge < -0.3 is 39.7 Å². The maximum atomic E-state index is 14.4. The molecule has 0 aromatic rings. The van der Waals surface area contributed by atoms with Crippen molar-refractivity contribution in [2.24, 2.45) is 151 Å². The highest BCUT2D eigenvalue weighted by Gasteiger charge is 2.76. The Hall–Kier alpha value is -6.20. The van der Waals surface area contributed by atoms with E-state index in [0.29, 0.717) is 57.8 Å². The third-order valence-electron chi connectivity index (χ3n) is 40.9. The molecule has 120 heavy (non-hydrogen) atoms. The summed E-state index contributed by atoms with van der Waals surface area (Å²) in [6.45, 7) is 51.3. The van der Waals surface area contributed by atoms with E-state index in [1.54, 1.807) is 0 Å². The smallest absolute Gasteiger partial charge is 0.334 e. The summed E-state index contributed by atoms with van der Waals surface area (Å²) in [6, 6.07) is 0. The molecule has 0 aliphatic heterocycles. The number of esters is 3. The van der Waals surface area contributed by atoms with Gasteiger partial charge in [0.1, 0.15) is 30.5 Å². The van der Waals surface area contributed by atoms with Crippen LogP contribution in [0.15, 0.2) is 58.6 Å². The van der Waals surface area contributed by atoms with Crippen molar-refractivity contribution < 1.29 is 87.7 Å². The number of rotatable bonds is 10. The second kappa shape index (κ2) is 29.5. The van der Waals surface area contributed by atoms with Crippen molar-refractivity contribution in [1.82, 2.24) is 0 Å². The lowest BCUT2D eigenvalue weighted by Crippen LogP contribution is -2.66. The summed E-state index contributed by atoms with van der Waals surface area (Å²) in [5.74, 6) is -2.67. The molecule has 0 radical (unpaired) electrons. The number of fused-ring (bicyclic) bond motifs is 21. The highest BCUT2D eigenvalue weighted by Crippen LogP contribution is 2.80. The van der Waals surface area contributed by atoms with Crippen LogP contribution in [-0.4, -0.2) is 103 Å². The zero-order valence-corrected chi connectivity index (χ0v) is 77.7. The van der Waals surface area contributed by atoms with E-state index in [9.17, 15) is 73.5 Å². The molecular formula is C102H150O18. The van der Waals surface area contributed by atoms with Crippen LogP contribution in [0.5, 0.6) is 0 Å². The number of Topliss-reactive ketones (excluding diaryl/α,β-unsaturated/α-hetero) is 1. The number of aliphatic carboxylic acids is 3. The van der Waals surface area contributed by atoms with Gasteiger partial charge >= 0.3 is 35.8 Å². The second-order valence-corrected chi connectivity index (χ2v) is 48.5. The standard InChI is InChI=1S/3C34H50O6/c3*1-20(35)17-26(37)40-25-10-11-32(6)24(29(25,2)3)9-12-34(8)27(32)23(36)18-21-22-19-31(5,28(38)39)14-13-30(22,4)15-16-33(21,34)7/h18,22,24-25,27H,9-17,19H2,1-8H3,(H,38,39);2*17-18,22,24-25,27,35H,9-16,19H2,1-8H3,(H,38,39)/b;20-17+;20-17-/t3*22-,24?,25-,27?,30+,31-,32-,33?,34+/m000/s1. The monoisotopic (exact) mass is 1660 g/mol. The number of carboxylic acid groups (broad SMARTS) is 3. The van der Waals surface area contributed by atoms with Crippen LogP contribution in [0.3, 0.4) is 0 Å². The minimum absolute atomic E-state index is 0.0364. The van der Waals surface area contributed by atoms with Crippen molar-refractivity contribution in [2.45, 2.75) is 364 Å². The first-order valence-corrected chi connectivity index (χ1v) is 46.3. The van der Waals surface area contributed by atoms with Gasteiger partial charge in [0.15, 0.2) is 17.3 Å². The summed E-state index contributed by atoms with van der Waals surface area (Å²) in [5, 5.41) is 49.5. The number of aliphatic hydroxyl groups is 2. The Morgan fingerprint density at radius 2 is 0.592 bits per heavy atom. The van der Waals surface area contributed by atoms with Gasteiger partial charge in [-0.1, -0.05) is 141 Å². The summed E-state index contributed by atoms with van der Waals surface area (Å²) in [4.78, 5) is 129. The molecule has 18 heteroatoms. The van der Waals surface area contributed by atoms with Gasteiger partial charge in [-0.3, -0.25) is 38.4 Å². The maximum Gasteiger partial charge on any atom is 0.334 e. The SMILES string of the molecule is C/C(O)=C/C(=O)O[C@H]1CC[C@@]2(C)C(CC[C@]3(C)C2C(=O)C=C2[C@@H]4C[C@@](C)(C(=O)O)CC[C@]4(C)CCC23C)C1(C)C.C/C(O)=C\C(=O)O[C@H]1CC[C@@]2(C)C(CC[C@]3(C)C2C(=O)C=C2[C@@H]4C[C@@](C)(C(=O)O)CC[C@]4(C)CCC23C)C1(C)C.CC(=O)CC(=O)O[C@H]1CC[C@@]2(C)C(CC[C@]3(C)C2C(=O)C=C2[C@@H]4C[C@@](C)(C(=O)O)CC[C@]4(C)CCC23C)C1(C)C. The van der Waals surface area contributed by atoms with Gasteiger partial charge in [-0.2, -0.15) is 0 Å². The van der Waals surface area contributed by atoms with Gasteiger partial charge in [0, 0.05) is 34.0 Å². The van der Waals surface area contributed by atoms with Crippen LogP contribution in [0.2, 0.25) is 0 Å². The molecule has 0 heterocycles. The number of aliphatic hydroxyl groups excluding tert-OH is 2. The lowest BCUT2D eigenvalue weighted by atomic mass is 9.33. The van der Waals surface area contributed by atoms with Gasteiger partial charge in [0.05, 0.1) is 39.9 Å². The number of ketones is 4. The first-order chi connectivity index (χ1) is 55.0. The molecule has 15 aliphatic carbocycles. The Labute approximate surface area is 716 Å². The predicted octanol–water partition coefficient (Wildman–Crippen LogP) is 21.8. The summed E-state index contributed by atoms with van der Waals surface area (Å²) in [5.41, 5.74) is -1.21. The molecule has 15 rings (SSSR count). The van der Waals surface area contributed by atoms with E-state index in [0.717, 1.165) is 128 Å². The second-order valence-electron chi connectivity index (χ2n) is 48.5. The fourth-order valence-electron chi connectivity index (χ4n) is 32.8. The van der Waals surface area contributed by atoms with Crippen LogP contribution in [0.25, 0.3) is 0 Å². The van der Waals surface area contributed by atoms with E-state index in [1.807, 2.05) is 39.0 Å². The quantitative estimate of drug-likeness (QED) is 0.0446. The van der Waals surface area contributed by atoms with Crippen LogP contribution in [-0.2, 0) is 62.2 Å². The van der Waals surface area contributed by atoms with Crippen molar-refractivity contribution in [3.05, 3.63) is 58.6 Å². The minimum atomic E-state index is -0.754. The molecule has 18 nitrogen and oxygen atoms in total. The van der Waals surface area contributed by atoms with Crippen LogP contribution >= 0.6 is 0 Å². The number of allylic oxidation sites excluding steroid dienone is 8. The van der Waals surface area contributed by atoms with E-state index in [1.165, 1.54) is 37.5 Å². The van der Waals surface area contributed by atoms with Gasteiger partial charge in [0.2, 0.25) is 0 Å². The lowest BCUT2D eigenvalue weighted by Gasteiger charge is -2.70. The number of hydrogen-bond acceptors (Lipinski definition) is 15. The molecular weight excluding hydrogens is 1510 g/mol. The topological polar surface area (TPSA) is 300 Å². The van der Waals surface area contributed by atoms with Gasteiger partial charge in [-0.25, -0.2) is 9.59 Å². The molecule has 9 unspecified atom stereocenters. The van der Waals surface area contributed by atoms with Crippen LogP contribution in [0, 0.1) is 151 Å². The molecule has 12 saturated carbocycles. The van der Waals surface area contributed by atoms with E-state index < -0.39 is 52.1 Å². The normalized spacial score (nSPS) is 47.9. The highest BCUT2D eigenvalue weighted by atomic mass is 16.6. The van der Waals surface area contributed by atoms with E-state index in [-0.39, 0.29) is 194 Å². The number of carbonyl (C=O) groups excluding carboxylic acids is 7. The summed E-state index contributed by atoms with van der Waals surface area (Å²) >= 11 is 0. The zero-order chi connectivity index (χ0) is 89.0. The van der Waals surface area contributed by atoms with Crippen molar-refractivity contribution in [2.75, 3.05) is 0 Å². The number of carboxylic acids is 3. The molecule has 0 spiro atoms. The fraction of sp³-hybridized carbons (Fsp3) is 0.804. The first kappa shape index (κ1) is 91.5. The summed E-state index contributed by atoms with van der Waals surface area (Å²) in [7, 11) is 0. The Bertz CT molecular complexity index is 4260. The molecule has 0 amide bonds. The van der Waals surface area contributed by atoms with Gasteiger partial charge in [0.25, 0.3) is 0 Å². The molecule has 5 N–H and O–H groups in total. The average Bonchev–Trinajstić information content (AvgIpc) is 0.680. The highest BCUT2D eigenvalue weighted by molar-refractivity contribution is 5.98. The van der Waals surface area contributed by atoms with Gasteiger partial charge in [-0.05, 0) is 334 Å². The molecule has 0 aromatic carbocycles. The van der Waals surface area contributed by atoms with Crippen LogP contribution in [0.4, 0.5) is 0 Å². The van der Waals surface area contributed by atoms with E-state index in [4.69, 9.17) is 14.2 Å². The summed E-state index contributed by atoms with van der Waals surface area (Å²) in [6.07, 6.45) is 30.3. The third kappa shape index (κ3) is 13.6. The van der Waals surface area contributed by atoms with Crippen molar-refractivity contribution in [3.63, 3.8) is 0 Å². The molecule has 0 saturated heterocycles. The van der Waals surface area contributed by atoms with Crippen molar-refractivity contribution in [3.8, 4) is 0 Å². The fourth-order valence-corrected chi connectivity index (χ4v) is 32.8.